The molecule has 32 heavy (non-hydrogen) atoms. The number of thioether (sulfide) groups is 1. The van der Waals surface area contributed by atoms with Gasteiger partial charge in [0, 0.05) is 23.7 Å². The van der Waals surface area contributed by atoms with E-state index in [4.69, 9.17) is 16.3 Å². The average molecular weight is 473 g/mol. The van der Waals surface area contributed by atoms with Crippen molar-refractivity contribution in [2.75, 3.05) is 11.1 Å². The summed E-state index contributed by atoms with van der Waals surface area (Å²) < 4.78 is 7.50. The first-order chi connectivity index (χ1) is 15.1. The van der Waals surface area contributed by atoms with Crippen LogP contribution in [0.25, 0.3) is 0 Å². The summed E-state index contributed by atoms with van der Waals surface area (Å²) in [5.74, 6) is 1.29. The van der Waals surface area contributed by atoms with Crippen molar-refractivity contribution in [1.29, 1.82) is 0 Å². The van der Waals surface area contributed by atoms with Gasteiger partial charge in [-0.25, -0.2) is 0 Å². The van der Waals surface area contributed by atoms with E-state index in [9.17, 15) is 9.59 Å². The Morgan fingerprint density at radius 1 is 1.09 bits per heavy atom. The number of nitrogens with one attached hydrogen (secondary N) is 1. The molecule has 7 nitrogen and oxygen atoms in total. The zero-order valence-corrected chi connectivity index (χ0v) is 20.0. The standard InChI is InChI=1S/C23H25ClN4O3S/c1-23(2,3)21(30)25-16-11-9-15(10-12-16)18(29)14-32-22-27-26-20(28(22)4)13-31-19-8-6-5-7-17(19)24/h5-12H,13-14H2,1-4H3,(H,25,30). The monoisotopic (exact) mass is 472 g/mol. The lowest BCUT2D eigenvalue weighted by atomic mass is 9.95. The molecule has 0 saturated carbocycles. The fourth-order valence-electron chi connectivity index (χ4n) is 2.57. The highest BCUT2D eigenvalue weighted by Crippen LogP contribution is 2.25. The fourth-order valence-corrected chi connectivity index (χ4v) is 3.59. The number of ketones is 1. The number of amides is 1. The Hall–Kier alpha value is -2.84. The van der Waals surface area contributed by atoms with Crippen LogP contribution >= 0.6 is 23.4 Å². The minimum absolute atomic E-state index is 0.0411. The fraction of sp³-hybridized carbons (Fsp3) is 0.304. The van der Waals surface area contributed by atoms with Gasteiger partial charge in [0.25, 0.3) is 0 Å². The lowest BCUT2D eigenvalue weighted by Gasteiger charge is -2.17. The quantitative estimate of drug-likeness (QED) is 0.366. The third kappa shape index (κ3) is 6.11. The highest BCUT2D eigenvalue weighted by molar-refractivity contribution is 7.99. The van der Waals surface area contributed by atoms with Crippen molar-refractivity contribution in [2.45, 2.75) is 32.5 Å². The topological polar surface area (TPSA) is 86.1 Å². The number of carbonyl (C=O) groups is 2. The Morgan fingerprint density at radius 3 is 2.44 bits per heavy atom. The van der Waals surface area contributed by atoms with Crippen molar-refractivity contribution in [1.82, 2.24) is 14.8 Å². The summed E-state index contributed by atoms with van der Waals surface area (Å²) in [4.78, 5) is 24.6. The lowest BCUT2D eigenvalue weighted by Crippen LogP contribution is -2.27. The molecule has 0 fully saturated rings. The third-order valence-corrected chi connectivity index (χ3v) is 5.93. The van der Waals surface area contributed by atoms with Gasteiger partial charge in [-0.2, -0.15) is 0 Å². The molecule has 0 aliphatic carbocycles. The molecule has 0 aliphatic heterocycles. The van der Waals surface area contributed by atoms with Gasteiger partial charge < -0.3 is 14.6 Å². The Morgan fingerprint density at radius 2 is 1.78 bits per heavy atom. The number of hydrogen-bond acceptors (Lipinski definition) is 6. The first-order valence-electron chi connectivity index (χ1n) is 9.98. The number of halogens is 1. The number of ether oxygens (including phenoxy) is 1. The van der Waals surface area contributed by atoms with E-state index in [1.54, 1.807) is 41.0 Å². The normalized spacial score (nSPS) is 11.3. The third-order valence-electron chi connectivity index (χ3n) is 4.60. The van der Waals surface area contributed by atoms with Crippen molar-refractivity contribution in [2.24, 2.45) is 12.5 Å². The SMILES string of the molecule is Cn1c(COc2ccccc2Cl)nnc1SCC(=O)c1ccc(NC(=O)C(C)(C)C)cc1. The molecule has 0 aliphatic rings. The molecule has 168 valence electrons. The molecule has 9 heteroatoms. The first-order valence-corrected chi connectivity index (χ1v) is 11.3. The highest BCUT2D eigenvalue weighted by atomic mass is 35.5. The molecule has 0 saturated heterocycles. The van der Waals surface area contributed by atoms with Crippen molar-refractivity contribution in [3.63, 3.8) is 0 Å². The van der Waals surface area contributed by atoms with Gasteiger partial charge in [0.15, 0.2) is 16.8 Å². The summed E-state index contributed by atoms with van der Waals surface area (Å²) in [5, 5.41) is 12.3. The predicted octanol–water partition coefficient (Wildman–Crippen LogP) is 5.01. The Bertz CT molecular complexity index is 1110. The Kier molecular flexibility index (Phi) is 7.58. The van der Waals surface area contributed by atoms with E-state index in [1.165, 1.54) is 11.8 Å². The van der Waals surface area contributed by atoms with Crippen LogP contribution in [-0.4, -0.2) is 32.2 Å². The summed E-state index contributed by atoms with van der Waals surface area (Å²) in [6.45, 7) is 5.75. The van der Waals surface area contributed by atoms with E-state index in [-0.39, 0.29) is 24.1 Å². The molecule has 1 heterocycles. The molecule has 3 aromatic rings. The van der Waals surface area contributed by atoms with E-state index in [1.807, 2.05) is 40.0 Å². The van der Waals surface area contributed by atoms with Crippen LogP contribution in [0.1, 0.15) is 37.0 Å². The van der Waals surface area contributed by atoms with Gasteiger partial charge in [-0.15, -0.1) is 10.2 Å². The second kappa shape index (κ2) is 10.2. The summed E-state index contributed by atoms with van der Waals surface area (Å²) in [6, 6.07) is 14.1. The summed E-state index contributed by atoms with van der Waals surface area (Å²) in [6.07, 6.45) is 0. The molecule has 0 radical (unpaired) electrons. The van der Waals surface area contributed by atoms with Crippen molar-refractivity contribution < 1.29 is 14.3 Å². The van der Waals surface area contributed by atoms with Gasteiger partial charge in [-0.3, -0.25) is 9.59 Å². The van der Waals surface area contributed by atoms with Crippen LogP contribution in [0, 0.1) is 5.41 Å². The Balaban J connectivity index is 1.55. The summed E-state index contributed by atoms with van der Waals surface area (Å²) in [7, 11) is 1.82. The van der Waals surface area contributed by atoms with Gasteiger partial charge in [0.2, 0.25) is 5.91 Å². The van der Waals surface area contributed by atoms with E-state index >= 15 is 0 Å². The van der Waals surface area contributed by atoms with Gasteiger partial charge in [0.1, 0.15) is 12.4 Å². The number of nitrogens with zero attached hydrogens (tertiary/aromatic N) is 3. The van der Waals surface area contributed by atoms with Gasteiger partial charge >= 0.3 is 0 Å². The molecule has 3 rings (SSSR count). The molecule has 0 spiro atoms. The number of Topliss-reactive ketones (excluding diaryl/α,β-unsaturated/α-hetero) is 1. The summed E-state index contributed by atoms with van der Waals surface area (Å²) >= 11 is 7.40. The molecule has 0 bridgehead atoms. The summed E-state index contributed by atoms with van der Waals surface area (Å²) in [5.41, 5.74) is 0.736. The maximum atomic E-state index is 12.6. The molecule has 1 amide bonds. The van der Waals surface area contributed by atoms with Crippen LogP contribution in [0.2, 0.25) is 5.02 Å². The number of para-hydroxylation sites is 1. The number of aromatic nitrogens is 3. The van der Waals surface area contributed by atoms with Crippen LogP contribution in [0.15, 0.2) is 53.7 Å². The van der Waals surface area contributed by atoms with Crippen LogP contribution < -0.4 is 10.1 Å². The number of anilines is 1. The van der Waals surface area contributed by atoms with Gasteiger partial charge in [-0.1, -0.05) is 56.3 Å². The second-order valence-corrected chi connectivity index (χ2v) is 9.52. The second-order valence-electron chi connectivity index (χ2n) is 8.17. The van der Waals surface area contributed by atoms with E-state index in [0.717, 1.165) is 0 Å². The van der Waals surface area contributed by atoms with E-state index in [0.29, 0.717) is 33.0 Å². The Labute approximate surface area is 196 Å². The van der Waals surface area contributed by atoms with E-state index in [2.05, 4.69) is 15.5 Å². The minimum Gasteiger partial charge on any atom is -0.484 e. The lowest BCUT2D eigenvalue weighted by molar-refractivity contribution is -0.123. The molecule has 1 aromatic heterocycles. The first kappa shape index (κ1) is 23.8. The largest absolute Gasteiger partial charge is 0.484 e. The van der Waals surface area contributed by atoms with Crippen LogP contribution in [0.5, 0.6) is 5.75 Å². The van der Waals surface area contributed by atoms with Gasteiger partial charge in [0.05, 0.1) is 10.8 Å². The highest BCUT2D eigenvalue weighted by Gasteiger charge is 2.21. The molecular weight excluding hydrogens is 448 g/mol. The molecule has 0 atom stereocenters. The smallest absolute Gasteiger partial charge is 0.229 e. The van der Waals surface area contributed by atoms with Gasteiger partial charge in [-0.05, 0) is 36.4 Å². The predicted molar refractivity (Wildman–Crippen MR) is 126 cm³/mol. The van der Waals surface area contributed by atoms with Crippen molar-refractivity contribution >= 4 is 40.7 Å². The van der Waals surface area contributed by atoms with Crippen LogP contribution in [0.4, 0.5) is 5.69 Å². The van der Waals surface area contributed by atoms with Crippen molar-refractivity contribution in [3.05, 3.63) is 64.9 Å². The van der Waals surface area contributed by atoms with Crippen LogP contribution in [0.3, 0.4) is 0 Å². The van der Waals surface area contributed by atoms with Crippen molar-refractivity contribution in [3.8, 4) is 5.75 Å². The molecule has 0 unspecified atom stereocenters. The molecule has 1 N–H and O–H groups in total. The molecule has 2 aromatic carbocycles. The number of carbonyl (C=O) groups excluding carboxylic acids is 2. The zero-order valence-electron chi connectivity index (χ0n) is 18.4. The van der Waals surface area contributed by atoms with E-state index < -0.39 is 5.41 Å². The number of rotatable bonds is 8. The minimum atomic E-state index is -0.488. The maximum absolute atomic E-state index is 12.6. The number of hydrogen-bond donors (Lipinski definition) is 1. The zero-order chi connectivity index (χ0) is 23.3. The average Bonchev–Trinajstić information content (AvgIpc) is 3.10. The number of benzene rings is 2. The van der Waals surface area contributed by atoms with Crippen LogP contribution in [-0.2, 0) is 18.4 Å². The maximum Gasteiger partial charge on any atom is 0.229 e. The molecular formula is C23H25ClN4O3S.